The number of hydrogen-bond donors (Lipinski definition) is 3. The lowest BCUT2D eigenvalue weighted by Crippen LogP contribution is -2.26. The zero-order chi connectivity index (χ0) is 14.0. The van der Waals surface area contributed by atoms with E-state index in [1.807, 2.05) is 0 Å². The third kappa shape index (κ3) is 3.12. The van der Waals surface area contributed by atoms with Crippen LogP contribution in [0.5, 0.6) is 11.5 Å². The molecule has 0 bridgehead atoms. The van der Waals surface area contributed by atoms with E-state index >= 15 is 0 Å². The Kier molecular flexibility index (Phi) is 3.88. The minimum Gasteiger partial charge on any atom is -0.395 e. The van der Waals surface area contributed by atoms with Gasteiger partial charge in [-0.25, -0.2) is 0 Å². The van der Waals surface area contributed by atoms with Crippen LogP contribution in [0.1, 0.15) is 18.1 Å². The Morgan fingerprint density at radius 2 is 1.95 bits per heavy atom. The highest BCUT2D eigenvalue weighted by atomic mass is 19.3. The van der Waals surface area contributed by atoms with Crippen molar-refractivity contribution >= 4 is 0 Å². The summed E-state index contributed by atoms with van der Waals surface area (Å²) in [5, 5.41) is 22.5. The molecule has 0 aliphatic carbocycles. The first kappa shape index (κ1) is 14.0. The van der Waals surface area contributed by atoms with Gasteiger partial charge in [0.15, 0.2) is 11.5 Å². The molecule has 19 heavy (non-hydrogen) atoms. The van der Waals surface area contributed by atoms with Crippen LogP contribution in [0, 0.1) is 0 Å². The van der Waals surface area contributed by atoms with Crippen molar-refractivity contribution in [3.63, 3.8) is 0 Å². The summed E-state index contributed by atoms with van der Waals surface area (Å²) in [5.74, 6) is -0.243. The topological polar surface area (TPSA) is 71.0 Å². The molecule has 1 aliphatic rings. The second-order valence-corrected chi connectivity index (χ2v) is 4.28. The molecular formula is C12H15F2NO4. The van der Waals surface area contributed by atoms with Gasteiger partial charge < -0.3 is 25.0 Å². The first-order valence-corrected chi connectivity index (χ1v) is 5.83. The Hall–Kier alpha value is -1.44. The monoisotopic (exact) mass is 275 g/mol. The van der Waals surface area contributed by atoms with Crippen molar-refractivity contribution in [2.24, 2.45) is 0 Å². The highest BCUT2D eigenvalue weighted by Gasteiger charge is 2.43. The Labute approximate surface area is 108 Å². The van der Waals surface area contributed by atoms with Crippen molar-refractivity contribution in [2.75, 3.05) is 13.6 Å². The van der Waals surface area contributed by atoms with Crippen LogP contribution in [0.15, 0.2) is 18.2 Å². The summed E-state index contributed by atoms with van der Waals surface area (Å²) < 4.78 is 34.2. The van der Waals surface area contributed by atoms with E-state index in [0.717, 1.165) is 0 Å². The van der Waals surface area contributed by atoms with Crippen LogP contribution in [-0.2, 0) is 0 Å². The molecule has 0 fully saturated rings. The fraction of sp³-hybridized carbons (Fsp3) is 0.500. The molecule has 0 saturated carbocycles. The number of aliphatic hydroxyl groups excluding tert-OH is 2. The maximum Gasteiger partial charge on any atom is 0.586 e. The molecule has 1 heterocycles. The SMILES string of the molecule is CNCCC(O)C(O)c1ccc2c(c1)OC(F)(F)O2. The lowest BCUT2D eigenvalue weighted by Gasteiger charge is -2.18. The van der Waals surface area contributed by atoms with Gasteiger partial charge in [-0.05, 0) is 37.7 Å². The Morgan fingerprint density at radius 3 is 2.63 bits per heavy atom. The Morgan fingerprint density at radius 1 is 1.26 bits per heavy atom. The molecule has 0 aromatic heterocycles. The van der Waals surface area contributed by atoms with Crippen molar-refractivity contribution < 1.29 is 28.5 Å². The van der Waals surface area contributed by atoms with E-state index in [1.165, 1.54) is 18.2 Å². The first-order chi connectivity index (χ1) is 8.93. The van der Waals surface area contributed by atoms with Crippen molar-refractivity contribution in [1.82, 2.24) is 5.32 Å². The quantitative estimate of drug-likeness (QED) is 0.748. The second-order valence-electron chi connectivity index (χ2n) is 4.28. The average Bonchev–Trinajstić information content (AvgIpc) is 2.67. The normalized spacial score (nSPS) is 19.2. The predicted octanol–water partition coefficient (Wildman–Crippen LogP) is 1.01. The summed E-state index contributed by atoms with van der Waals surface area (Å²) in [6, 6.07) is 3.93. The second kappa shape index (κ2) is 5.28. The number of aliphatic hydroxyl groups is 2. The highest BCUT2D eigenvalue weighted by Crippen LogP contribution is 2.42. The number of alkyl halides is 2. The molecule has 1 aromatic rings. The van der Waals surface area contributed by atoms with Crippen molar-refractivity contribution in [2.45, 2.75) is 24.9 Å². The van der Waals surface area contributed by atoms with E-state index < -0.39 is 18.5 Å². The van der Waals surface area contributed by atoms with Crippen LogP contribution in [-0.4, -0.2) is 36.2 Å². The third-order valence-corrected chi connectivity index (χ3v) is 2.82. The minimum atomic E-state index is -3.68. The summed E-state index contributed by atoms with van der Waals surface area (Å²) in [4.78, 5) is 0. The molecule has 0 spiro atoms. The number of nitrogens with one attached hydrogen (secondary N) is 1. The fourth-order valence-corrected chi connectivity index (χ4v) is 1.82. The molecule has 0 radical (unpaired) electrons. The van der Waals surface area contributed by atoms with Crippen LogP contribution < -0.4 is 14.8 Å². The molecule has 106 valence electrons. The van der Waals surface area contributed by atoms with Gasteiger partial charge in [0.25, 0.3) is 0 Å². The zero-order valence-corrected chi connectivity index (χ0v) is 10.3. The molecule has 1 aliphatic heterocycles. The van der Waals surface area contributed by atoms with Gasteiger partial charge in [0.1, 0.15) is 6.10 Å². The number of hydrogen-bond acceptors (Lipinski definition) is 5. The van der Waals surface area contributed by atoms with Gasteiger partial charge in [-0.1, -0.05) is 6.07 Å². The number of benzene rings is 1. The maximum absolute atomic E-state index is 12.8. The molecule has 3 N–H and O–H groups in total. The lowest BCUT2D eigenvalue weighted by atomic mass is 10.0. The number of halogens is 2. The number of rotatable bonds is 5. The summed E-state index contributed by atoms with van der Waals surface area (Å²) in [6.07, 6.45) is -5.51. The molecule has 2 atom stereocenters. The Bertz CT molecular complexity index is 455. The standard InChI is InChI=1S/C12H15F2NO4/c1-15-5-4-8(16)11(17)7-2-3-9-10(6-7)19-12(13,14)18-9/h2-3,6,8,11,15-17H,4-5H2,1H3. The van der Waals surface area contributed by atoms with E-state index in [2.05, 4.69) is 14.8 Å². The molecule has 2 rings (SSSR count). The van der Waals surface area contributed by atoms with E-state index in [-0.39, 0.29) is 11.5 Å². The predicted molar refractivity (Wildman–Crippen MR) is 62.2 cm³/mol. The lowest BCUT2D eigenvalue weighted by molar-refractivity contribution is -0.286. The van der Waals surface area contributed by atoms with E-state index in [9.17, 15) is 19.0 Å². The van der Waals surface area contributed by atoms with Crippen LogP contribution in [0.4, 0.5) is 8.78 Å². The average molecular weight is 275 g/mol. The maximum atomic E-state index is 12.8. The van der Waals surface area contributed by atoms with Crippen LogP contribution >= 0.6 is 0 Å². The molecular weight excluding hydrogens is 260 g/mol. The van der Waals surface area contributed by atoms with Crippen molar-refractivity contribution in [3.8, 4) is 11.5 Å². The van der Waals surface area contributed by atoms with Crippen LogP contribution in [0.3, 0.4) is 0 Å². The van der Waals surface area contributed by atoms with Gasteiger partial charge in [0.05, 0.1) is 6.10 Å². The third-order valence-electron chi connectivity index (χ3n) is 2.82. The van der Waals surface area contributed by atoms with Crippen LogP contribution in [0.2, 0.25) is 0 Å². The molecule has 7 heteroatoms. The van der Waals surface area contributed by atoms with Crippen molar-refractivity contribution in [1.29, 1.82) is 0 Å². The van der Waals surface area contributed by atoms with E-state index in [1.54, 1.807) is 7.05 Å². The number of ether oxygens (including phenoxy) is 2. The summed E-state index contributed by atoms with van der Waals surface area (Å²) in [6.45, 7) is 0.529. The van der Waals surface area contributed by atoms with Gasteiger partial charge in [-0.2, -0.15) is 0 Å². The molecule has 1 aromatic carbocycles. The molecule has 2 unspecified atom stereocenters. The summed E-state index contributed by atoms with van der Waals surface area (Å²) >= 11 is 0. The van der Waals surface area contributed by atoms with Crippen molar-refractivity contribution in [3.05, 3.63) is 23.8 Å². The zero-order valence-electron chi connectivity index (χ0n) is 10.3. The largest absolute Gasteiger partial charge is 0.586 e. The van der Waals surface area contributed by atoms with Gasteiger partial charge in [0.2, 0.25) is 0 Å². The van der Waals surface area contributed by atoms with Gasteiger partial charge in [-0.15, -0.1) is 8.78 Å². The molecule has 0 amide bonds. The molecule has 0 saturated heterocycles. The summed E-state index contributed by atoms with van der Waals surface area (Å²) in [5.41, 5.74) is 0.295. The van der Waals surface area contributed by atoms with E-state index in [0.29, 0.717) is 18.5 Å². The summed E-state index contributed by atoms with van der Waals surface area (Å²) in [7, 11) is 1.72. The highest BCUT2D eigenvalue weighted by molar-refractivity contribution is 5.45. The minimum absolute atomic E-state index is 0.0920. The molecule has 5 nitrogen and oxygen atoms in total. The van der Waals surface area contributed by atoms with E-state index in [4.69, 9.17) is 0 Å². The smallest absolute Gasteiger partial charge is 0.395 e. The van der Waals surface area contributed by atoms with Gasteiger partial charge >= 0.3 is 6.29 Å². The van der Waals surface area contributed by atoms with Crippen LogP contribution in [0.25, 0.3) is 0 Å². The number of fused-ring (bicyclic) bond motifs is 1. The van der Waals surface area contributed by atoms with Gasteiger partial charge in [-0.3, -0.25) is 0 Å². The van der Waals surface area contributed by atoms with Gasteiger partial charge in [0, 0.05) is 0 Å². The first-order valence-electron chi connectivity index (χ1n) is 5.83. The fourth-order valence-electron chi connectivity index (χ4n) is 1.82. The Balaban J connectivity index is 2.11.